The molecule has 0 fully saturated rings. The predicted octanol–water partition coefficient (Wildman–Crippen LogP) is 17.5. The molecule has 2 aliphatic carbocycles. The van der Waals surface area contributed by atoms with Gasteiger partial charge in [-0.05, 0) is 134 Å². The Bertz CT molecular complexity index is 3710. The van der Waals surface area contributed by atoms with Crippen LogP contribution < -0.4 is 4.90 Å². The first-order chi connectivity index (χ1) is 34.7. The van der Waals surface area contributed by atoms with Crippen molar-refractivity contribution in [3.05, 3.63) is 313 Å². The molecule has 10 aromatic carbocycles. The van der Waals surface area contributed by atoms with Crippen LogP contribution in [0.15, 0.2) is 285 Å². The van der Waals surface area contributed by atoms with E-state index in [0.717, 1.165) is 29.2 Å². The van der Waals surface area contributed by atoms with E-state index in [0.29, 0.717) is 0 Å². The van der Waals surface area contributed by atoms with E-state index in [1.807, 2.05) is 0 Å². The number of anilines is 2. The maximum absolute atomic E-state index is 2.48. The standard InChI is InChI=1S/C68H48N2/c1-5-19-48(20-6-1)50-23-17-28-55(40-35-50)69(56-41-36-51(37-42-56)49-21-7-2-8-22-49)58-45-46-62-64(47-58)68(53-24-9-3-10-25-53,54-26-11-4-12-27-54)63-32-18-31-59(67(62)63)52-38-43-57(44-39-52)70-65-33-15-13-29-60(65)61-30-14-16-34-66(61)70/h1-22,24-47H,23H2. The van der Waals surface area contributed by atoms with E-state index in [2.05, 4.69) is 289 Å². The molecule has 0 N–H and O–H groups in total. The van der Waals surface area contributed by atoms with E-state index in [1.54, 1.807) is 0 Å². The summed E-state index contributed by atoms with van der Waals surface area (Å²) in [6.45, 7) is 0. The van der Waals surface area contributed by atoms with Crippen LogP contribution >= 0.6 is 0 Å². The van der Waals surface area contributed by atoms with Gasteiger partial charge in [0.25, 0.3) is 0 Å². The molecule has 0 atom stereocenters. The lowest BCUT2D eigenvalue weighted by Crippen LogP contribution is -2.29. The van der Waals surface area contributed by atoms with Gasteiger partial charge in [0, 0.05) is 33.5 Å². The van der Waals surface area contributed by atoms with Gasteiger partial charge in [0.2, 0.25) is 0 Å². The maximum atomic E-state index is 2.48. The minimum absolute atomic E-state index is 0.612. The average Bonchev–Trinajstić information content (AvgIpc) is 3.81. The Balaban J connectivity index is 1.01. The van der Waals surface area contributed by atoms with E-state index < -0.39 is 5.41 Å². The Kier molecular flexibility index (Phi) is 10.2. The first-order valence-corrected chi connectivity index (χ1v) is 24.3. The van der Waals surface area contributed by atoms with Crippen molar-refractivity contribution in [3.8, 4) is 39.1 Å². The molecule has 1 aromatic heterocycles. The fraction of sp³-hybridized carbons (Fsp3) is 0.0294. The molecule has 0 saturated carbocycles. The zero-order valence-electron chi connectivity index (χ0n) is 38.7. The predicted molar refractivity (Wildman–Crippen MR) is 294 cm³/mol. The van der Waals surface area contributed by atoms with Crippen molar-refractivity contribution in [1.82, 2.24) is 4.57 Å². The normalized spacial score (nSPS) is 13.6. The molecule has 2 aliphatic rings. The molecule has 13 rings (SSSR count). The van der Waals surface area contributed by atoms with Gasteiger partial charge in [-0.2, -0.15) is 0 Å². The Morgan fingerprint density at radius 2 is 0.929 bits per heavy atom. The number of hydrogen-bond acceptors (Lipinski definition) is 1. The van der Waals surface area contributed by atoms with Gasteiger partial charge in [-0.15, -0.1) is 0 Å². The summed E-state index contributed by atoms with van der Waals surface area (Å²) in [5, 5.41) is 2.53. The van der Waals surface area contributed by atoms with Gasteiger partial charge >= 0.3 is 0 Å². The molecule has 70 heavy (non-hydrogen) atoms. The smallest absolute Gasteiger partial charge is 0.0714 e. The third-order valence-electron chi connectivity index (χ3n) is 14.6. The summed E-state index contributed by atoms with van der Waals surface area (Å²) in [5.41, 5.74) is 21.1. The molecule has 2 heteroatoms. The molecule has 330 valence electrons. The van der Waals surface area contributed by atoms with Crippen LogP contribution in [0.25, 0.3) is 66.4 Å². The van der Waals surface area contributed by atoms with Gasteiger partial charge in [0.15, 0.2) is 0 Å². The summed E-state index contributed by atoms with van der Waals surface area (Å²) in [5.74, 6) is 0. The number of allylic oxidation sites excluding steroid dienone is 5. The first-order valence-electron chi connectivity index (χ1n) is 24.3. The van der Waals surface area contributed by atoms with Gasteiger partial charge in [-0.3, -0.25) is 0 Å². The van der Waals surface area contributed by atoms with Crippen LogP contribution in [-0.2, 0) is 5.41 Å². The van der Waals surface area contributed by atoms with Crippen molar-refractivity contribution in [3.63, 3.8) is 0 Å². The van der Waals surface area contributed by atoms with E-state index in [9.17, 15) is 0 Å². The zero-order valence-corrected chi connectivity index (χ0v) is 38.7. The van der Waals surface area contributed by atoms with Crippen molar-refractivity contribution in [2.24, 2.45) is 0 Å². The lowest BCUT2D eigenvalue weighted by molar-refractivity contribution is 0.768. The molecule has 11 aromatic rings. The molecular weight excluding hydrogens is 845 g/mol. The fourth-order valence-corrected chi connectivity index (χ4v) is 11.4. The zero-order chi connectivity index (χ0) is 46.4. The Morgan fingerprint density at radius 1 is 0.386 bits per heavy atom. The minimum Gasteiger partial charge on any atom is -0.311 e. The maximum Gasteiger partial charge on any atom is 0.0714 e. The van der Waals surface area contributed by atoms with Gasteiger partial charge < -0.3 is 9.47 Å². The molecule has 2 nitrogen and oxygen atoms in total. The highest BCUT2D eigenvalue weighted by Gasteiger charge is 2.47. The van der Waals surface area contributed by atoms with Gasteiger partial charge in [0.05, 0.1) is 16.4 Å². The number of hydrogen-bond donors (Lipinski definition) is 0. The second-order valence-electron chi connectivity index (χ2n) is 18.4. The fourth-order valence-electron chi connectivity index (χ4n) is 11.4. The summed E-state index contributed by atoms with van der Waals surface area (Å²) in [6, 6.07) is 93.6. The Morgan fingerprint density at radius 3 is 1.57 bits per heavy atom. The summed E-state index contributed by atoms with van der Waals surface area (Å²) < 4.78 is 2.40. The number of fused-ring (bicyclic) bond motifs is 6. The largest absolute Gasteiger partial charge is 0.311 e. The van der Waals surface area contributed by atoms with E-state index >= 15 is 0 Å². The van der Waals surface area contributed by atoms with Crippen molar-refractivity contribution >= 4 is 38.8 Å². The molecule has 0 spiro atoms. The Hall–Kier alpha value is -8.98. The number of aromatic nitrogens is 1. The highest BCUT2D eigenvalue weighted by Crippen LogP contribution is 2.59. The summed E-state index contributed by atoms with van der Waals surface area (Å²) in [4.78, 5) is 2.44. The van der Waals surface area contributed by atoms with Crippen LogP contribution in [0.1, 0.15) is 34.2 Å². The van der Waals surface area contributed by atoms with Crippen LogP contribution in [0.4, 0.5) is 11.4 Å². The average molecular weight is 893 g/mol. The molecule has 0 radical (unpaired) electrons. The third kappa shape index (κ3) is 6.79. The van der Waals surface area contributed by atoms with Crippen molar-refractivity contribution in [2.45, 2.75) is 11.8 Å². The molecule has 0 aliphatic heterocycles. The third-order valence-corrected chi connectivity index (χ3v) is 14.6. The molecular formula is C68H48N2. The SMILES string of the molecule is C1=CC(N(c2ccc(-c3ccccc3)cc2)c2ccc3c(c2)C(c2ccccc2)(c2ccccc2)c2cccc(-c4ccc(-n5c6ccccc6c6ccccc65)cc4)c2-3)=CC=C(c2ccccc2)C1. The minimum atomic E-state index is -0.612. The molecule has 0 unspecified atom stereocenters. The highest BCUT2D eigenvalue weighted by atomic mass is 15.1. The van der Waals surface area contributed by atoms with E-state index in [1.165, 1.54) is 88.6 Å². The van der Waals surface area contributed by atoms with Crippen molar-refractivity contribution in [2.75, 3.05) is 4.90 Å². The topological polar surface area (TPSA) is 8.17 Å². The number of benzene rings is 10. The quantitative estimate of drug-likeness (QED) is 0.140. The summed E-state index contributed by atoms with van der Waals surface area (Å²) >= 11 is 0. The summed E-state index contributed by atoms with van der Waals surface area (Å²) in [7, 11) is 0. The van der Waals surface area contributed by atoms with Crippen LogP contribution in [0.3, 0.4) is 0 Å². The Labute approximate surface area is 409 Å². The second-order valence-corrected chi connectivity index (χ2v) is 18.4. The number of rotatable bonds is 9. The van der Waals surface area contributed by atoms with Gasteiger partial charge in [-0.25, -0.2) is 0 Å². The van der Waals surface area contributed by atoms with Gasteiger partial charge in [0.1, 0.15) is 0 Å². The first kappa shape index (κ1) is 41.2. The van der Waals surface area contributed by atoms with Crippen LogP contribution in [0, 0.1) is 0 Å². The molecule has 1 heterocycles. The summed E-state index contributed by atoms with van der Waals surface area (Å²) in [6.07, 6.45) is 10.0. The van der Waals surface area contributed by atoms with E-state index in [-0.39, 0.29) is 0 Å². The second kappa shape index (κ2) is 17.3. The van der Waals surface area contributed by atoms with Crippen molar-refractivity contribution < 1.29 is 0 Å². The molecule has 0 bridgehead atoms. The highest BCUT2D eigenvalue weighted by molar-refractivity contribution is 6.09. The van der Waals surface area contributed by atoms with E-state index in [4.69, 9.17) is 0 Å². The lowest BCUT2D eigenvalue weighted by Gasteiger charge is -2.35. The van der Waals surface area contributed by atoms with Crippen LogP contribution in [0.5, 0.6) is 0 Å². The van der Waals surface area contributed by atoms with Crippen LogP contribution in [-0.4, -0.2) is 4.57 Å². The number of para-hydroxylation sites is 2. The molecule has 0 amide bonds. The monoisotopic (exact) mass is 892 g/mol. The number of nitrogens with zero attached hydrogens (tertiary/aromatic N) is 2. The van der Waals surface area contributed by atoms with Crippen molar-refractivity contribution in [1.29, 1.82) is 0 Å². The van der Waals surface area contributed by atoms with Gasteiger partial charge in [-0.1, -0.05) is 218 Å². The van der Waals surface area contributed by atoms with Crippen LogP contribution in [0.2, 0.25) is 0 Å². The molecule has 0 saturated heterocycles. The lowest BCUT2D eigenvalue weighted by atomic mass is 9.67.